The van der Waals surface area contributed by atoms with Gasteiger partial charge >= 0.3 is 0 Å². The van der Waals surface area contributed by atoms with Gasteiger partial charge in [-0.15, -0.1) is 0 Å². The molecule has 1 fully saturated rings. The number of hydrogen-bond acceptors (Lipinski definition) is 4. The highest BCUT2D eigenvalue weighted by molar-refractivity contribution is 7.89. The van der Waals surface area contributed by atoms with Crippen molar-refractivity contribution in [1.29, 1.82) is 0 Å². The third kappa shape index (κ3) is 4.68. The van der Waals surface area contributed by atoms with Crippen molar-refractivity contribution in [2.24, 2.45) is 5.92 Å². The number of fused-ring (bicyclic) bond motifs is 1. The third-order valence-corrected chi connectivity index (χ3v) is 8.19. The highest BCUT2D eigenvalue weighted by Crippen LogP contribution is 2.32. The first-order valence-corrected chi connectivity index (χ1v) is 13.0. The highest BCUT2D eigenvalue weighted by atomic mass is 32.2. The summed E-state index contributed by atoms with van der Waals surface area (Å²) in [7, 11) is -3.64. The SMILES string of the molecule is CC[C@@H]1CNCC[C@@H]1NS(=O)(=O)c1ccc(NC(C)c2ccccc2C)c2ccccc12. The molecular weight excluding hydrogens is 418 g/mol. The average molecular weight is 452 g/mol. The molecule has 1 unspecified atom stereocenters. The van der Waals surface area contributed by atoms with Crippen LogP contribution in [0.15, 0.2) is 65.6 Å². The molecule has 6 heteroatoms. The lowest BCUT2D eigenvalue weighted by Crippen LogP contribution is -2.49. The van der Waals surface area contributed by atoms with Gasteiger partial charge in [0, 0.05) is 28.5 Å². The predicted molar refractivity (Wildman–Crippen MR) is 133 cm³/mol. The largest absolute Gasteiger partial charge is 0.378 e. The zero-order valence-electron chi connectivity index (χ0n) is 19.1. The normalized spacial score (nSPS) is 20.2. The summed E-state index contributed by atoms with van der Waals surface area (Å²) >= 11 is 0. The molecule has 170 valence electrons. The number of anilines is 1. The molecule has 3 atom stereocenters. The first-order chi connectivity index (χ1) is 15.4. The van der Waals surface area contributed by atoms with E-state index in [1.165, 1.54) is 11.1 Å². The minimum atomic E-state index is -3.64. The van der Waals surface area contributed by atoms with E-state index in [-0.39, 0.29) is 12.1 Å². The van der Waals surface area contributed by atoms with Crippen molar-refractivity contribution < 1.29 is 8.42 Å². The van der Waals surface area contributed by atoms with Gasteiger partial charge in [0.1, 0.15) is 0 Å². The summed E-state index contributed by atoms with van der Waals surface area (Å²) in [6.45, 7) is 8.04. The van der Waals surface area contributed by atoms with Crippen LogP contribution in [0.3, 0.4) is 0 Å². The molecule has 1 aliphatic heterocycles. The van der Waals surface area contributed by atoms with Gasteiger partial charge in [-0.05, 0) is 62.5 Å². The highest BCUT2D eigenvalue weighted by Gasteiger charge is 2.29. The number of hydrogen-bond donors (Lipinski definition) is 3. The molecule has 0 radical (unpaired) electrons. The summed E-state index contributed by atoms with van der Waals surface area (Å²) in [5, 5.41) is 8.62. The Bertz CT molecular complexity index is 1190. The van der Waals surface area contributed by atoms with Crippen LogP contribution < -0.4 is 15.4 Å². The fourth-order valence-corrected chi connectivity index (χ4v) is 6.34. The van der Waals surface area contributed by atoms with Gasteiger partial charge in [-0.3, -0.25) is 0 Å². The molecule has 1 saturated heterocycles. The van der Waals surface area contributed by atoms with E-state index in [0.29, 0.717) is 10.8 Å². The second-order valence-electron chi connectivity index (χ2n) is 8.77. The van der Waals surface area contributed by atoms with Crippen LogP contribution in [0, 0.1) is 12.8 Å². The fraction of sp³-hybridized carbons (Fsp3) is 0.385. The molecule has 3 N–H and O–H groups in total. The van der Waals surface area contributed by atoms with E-state index in [1.54, 1.807) is 6.07 Å². The third-order valence-electron chi connectivity index (χ3n) is 6.64. The van der Waals surface area contributed by atoms with Crippen LogP contribution in [-0.2, 0) is 10.0 Å². The maximum absolute atomic E-state index is 13.4. The fourth-order valence-electron chi connectivity index (χ4n) is 4.79. The van der Waals surface area contributed by atoms with Crippen molar-refractivity contribution in [3.8, 4) is 0 Å². The molecule has 0 spiro atoms. The maximum atomic E-state index is 13.4. The quantitative estimate of drug-likeness (QED) is 0.473. The van der Waals surface area contributed by atoms with E-state index in [0.717, 1.165) is 42.4 Å². The number of rotatable bonds is 7. The molecule has 0 saturated carbocycles. The summed E-state index contributed by atoms with van der Waals surface area (Å²) in [6, 6.07) is 19.7. The molecule has 4 rings (SSSR count). The minimum absolute atomic E-state index is 0.0381. The van der Waals surface area contributed by atoms with Gasteiger partial charge in [0.25, 0.3) is 0 Å². The van der Waals surface area contributed by atoms with Gasteiger partial charge in [0.15, 0.2) is 0 Å². The number of nitrogens with one attached hydrogen (secondary N) is 3. The number of piperidine rings is 1. The van der Waals surface area contributed by atoms with Gasteiger partial charge in [-0.1, -0.05) is 61.9 Å². The summed E-state index contributed by atoms with van der Waals surface area (Å²) < 4.78 is 29.9. The van der Waals surface area contributed by atoms with E-state index >= 15 is 0 Å². The zero-order chi connectivity index (χ0) is 22.7. The Morgan fingerprint density at radius 1 is 1.03 bits per heavy atom. The van der Waals surface area contributed by atoms with E-state index in [2.05, 4.69) is 48.3 Å². The second kappa shape index (κ2) is 9.61. The van der Waals surface area contributed by atoms with Crippen LogP contribution in [0.1, 0.15) is 43.9 Å². The Labute approximate surface area is 191 Å². The smallest absolute Gasteiger partial charge is 0.241 e. The Hall–Kier alpha value is -2.41. The van der Waals surface area contributed by atoms with Crippen molar-refractivity contribution >= 4 is 26.5 Å². The lowest BCUT2D eigenvalue weighted by Gasteiger charge is -2.32. The second-order valence-corrected chi connectivity index (χ2v) is 10.5. The molecule has 3 aromatic carbocycles. The van der Waals surface area contributed by atoms with Gasteiger partial charge < -0.3 is 10.6 Å². The number of sulfonamides is 1. The molecule has 1 heterocycles. The van der Waals surface area contributed by atoms with E-state index in [1.807, 2.05) is 42.5 Å². The Morgan fingerprint density at radius 2 is 1.75 bits per heavy atom. The predicted octanol–water partition coefficient (Wildman–Crippen LogP) is 4.99. The van der Waals surface area contributed by atoms with E-state index < -0.39 is 10.0 Å². The van der Waals surface area contributed by atoms with Crippen LogP contribution in [0.5, 0.6) is 0 Å². The zero-order valence-corrected chi connectivity index (χ0v) is 19.9. The summed E-state index contributed by atoms with van der Waals surface area (Å²) in [4.78, 5) is 0.343. The first-order valence-electron chi connectivity index (χ1n) is 11.5. The van der Waals surface area contributed by atoms with Gasteiger partial charge in [-0.2, -0.15) is 0 Å². The van der Waals surface area contributed by atoms with Crippen LogP contribution in [0.25, 0.3) is 10.8 Å². The van der Waals surface area contributed by atoms with Gasteiger partial charge in [0.2, 0.25) is 10.0 Å². The Balaban J connectivity index is 1.67. The molecular formula is C26H33N3O2S. The monoisotopic (exact) mass is 451 g/mol. The molecule has 0 bridgehead atoms. The van der Waals surface area contributed by atoms with E-state index in [9.17, 15) is 8.42 Å². The van der Waals surface area contributed by atoms with Gasteiger partial charge in [-0.25, -0.2) is 13.1 Å². The van der Waals surface area contributed by atoms with Crippen LogP contribution in [0.4, 0.5) is 5.69 Å². The van der Waals surface area contributed by atoms with E-state index in [4.69, 9.17) is 0 Å². The molecule has 0 amide bonds. The Morgan fingerprint density at radius 3 is 2.50 bits per heavy atom. The van der Waals surface area contributed by atoms with Crippen molar-refractivity contribution in [1.82, 2.24) is 10.0 Å². The lowest BCUT2D eigenvalue weighted by atomic mass is 9.92. The lowest BCUT2D eigenvalue weighted by molar-refractivity contribution is 0.299. The van der Waals surface area contributed by atoms with Crippen molar-refractivity contribution in [3.63, 3.8) is 0 Å². The molecule has 3 aromatic rings. The molecule has 5 nitrogen and oxygen atoms in total. The summed E-state index contributed by atoms with van der Waals surface area (Å²) in [6.07, 6.45) is 1.75. The minimum Gasteiger partial charge on any atom is -0.378 e. The van der Waals surface area contributed by atoms with Crippen LogP contribution in [-0.4, -0.2) is 27.5 Å². The Kier molecular flexibility index (Phi) is 6.84. The summed E-state index contributed by atoms with van der Waals surface area (Å²) in [5.41, 5.74) is 3.39. The van der Waals surface area contributed by atoms with Crippen LogP contribution >= 0.6 is 0 Å². The molecule has 1 aliphatic rings. The van der Waals surface area contributed by atoms with Gasteiger partial charge in [0.05, 0.1) is 4.90 Å². The summed E-state index contributed by atoms with van der Waals surface area (Å²) in [5.74, 6) is 0.306. The topological polar surface area (TPSA) is 70.2 Å². The van der Waals surface area contributed by atoms with Crippen molar-refractivity contribution in [2.45, 2.75) is 50.6 Å². The van der Waals surface area contributed by atoms with Crippen LogP contribution in [0.2, 0.25) is 0 Å². The van der Waals surface area contributed by atoms with Crippen molar-refractivity contribution in [3.05, 3.63) is 71.8 Å². The standard InChI is InChI=1S/C26H33N3O2S/c1-4-20-17-27-16-15-24(20)29-32(30,31)26-14-13-25(22-11-7-8-12-23(22)26)28-19(3)21-10-6-5-9-18(21)2/h5-14,19-20,24,27-29H,4,15-17H2,1-3H3/t19?,20-,24+/m1/s1. The average Bonchev–Trinajstić information content (AvgIpc) is 2.79. The number of benzene rings is 3. The molecule has 0 aliphatic carbocycles. The van der Waals surface area contributed by atoms with Crippen molar-refractivity contribution in [2.75, 3.05) is 18.4 Å². The number of aryl methyl sites for hydroxylation is 1. The first kappa shape index (κ1) is 22.8. The maximum Gasteiger partial charge on any atom is 0.241 e. The molecule has 32 heavy (non-hydrogen) atoms. The molecule has 0 aromatic heterocycles.